The monoisotopic (exact) mass is 347 g/mol. The van der Waals surface area contributed by atoms with Gasteiger partial charge in [-0.25, -0.2) is 4.79 Å². The zero-order chi connectivity index (χ0) is 15.6. The van der Waals surface area contributed by atoms with Gasteiger partial charge in [0.1, 0.15) is 0 Å². The lowest BCUT2D eigenvalue weighted by molar-refractivity contribution is 0.0696. The third-order valence-corrected chi connectivity index (χ3v) is 3.69. The number of carbonyl (C=O) groups excluding carboxylic acids is 1. The molecule has 0 saturated carbocycles. The molecule has 1 amide bonds. The van der Waals surface area contributed by atoms with Crippen LogP contribution in [0.25, 0.3) is 0 Å². The minimum atomic E-state index is -1.01. The summed E-state index contributed by atoms with van der Waals surface area (Å²) < 4.78 is 0.815. The number of anilines is 1. The molecule has 2 aromatic rings. The lowest BCUT2D eigenvalue weighted by atomic mass is 10.1. The van der Waals surface area contributed by atoms with Gasteiger partial charge >= 0.3 is 5.97 Å². The van der Waals surface area contributed by atoms with Gasteiger partial charge in [-0.05, 0) is 71.2 Å². The molecule has 0 unspecified atom stereocenters. The Kier molecular flexibility index (Phi) is 4.43. The molecule has 0 aliphatic carbocycles. The van der Waals surface area contributed by atoms with Crippen molar-refractivity contribution in [2.75, 3.05) is 5.32 Å². The second-order valence-corrected chi connectivity index (χ2v) is 5.63. The van der Waals surface area contributed by atoms with Crippen molar-refractivity contribution in [2.24, 2.45) is 0 Å². The molecule has 2 rings (SSSR count). The number of carboxylic acids is 1. The SMILES string of the molecule is Cc1cc(C)c(NC(=O)c2ccc(C(=O)O)cc2)c(Br)c1. The third kappa shape index (κ3) is 3.49. The third-order valence-electron chi connectivity index (χ3n) is 3.06. The van der Waals surface area contributed by atoms with E-state index in [9.17, 15) is 9.59 Å². The number of aromatic carboxylic acids is 1. The molecule has 4 nitrogen and oxygen atoms in total. The lowest BCUT2D eigenvalue weighted by Crippen LogP contribution is -2.13. The van der Waals surface area contributed by atoms with Crippen LogP contribution in [0, 0.1) is 13.8 Å². The highest BCUT2D eigenvalue weighted by atomic mass is 79.9. The molecule has 5 heteroatoms. The number of nitrogens with one attached hydrogen (secondary N) is 1. The van der Waals surface area contributed by atoms with Gasteiger partial charge in [-0.1, -0.05) is 6.07 Å². The van der Waals surface area contributed by atoms with Crippen molar-refractivity contribution < 1.29 is 14.7 Å². The van der Waals surface area contributed by atoms with Gasteiger partial charge in [0.2, 0.25) is 0 Å². The summed E-state index contributed by atoms with van der Waals surface area (Å²) in [6.07, 6.45) is 0. The average Bonchev–Trinajstić information content (AvgIpc) is 2.42. The molecular formula is C16H14BrNO3. The van der Waals surface area contributed by atoms with Crippen molar-refractivity contribution in [3.05, 3.63) is 63.1 Å². The van der Waals surface area contributed by atoms with E-state index < -0.39 is 5.97 Å². The number of amides is 1. The summed E-state index contributed by atoms with van der Waals surface area (Å²) in [5.74, 6) is -1.29. The Bertz CT molecular complexity index is 685. The number of rotatable bonds is 3. The number of halogens is 1. The first kappa shape index (κ1) is 15.3. The van der Waals surface area contributed by atoms with E-state index in [0.29, 0.717) is 11.3 Å². The molecule has 0 heterocycles. The maximum absolute atomic E-state index is 12.2. The van der Waals surface area contributed by atoms with E-state index in [-0.39, 0.29) is 11.5 Å². The quantitative estimate of drug-likeness (QED) is 0.881. The first-order valence-corrected chi connectivity index (χ1v) is 7.09. The highest BCUT2D eigenvalue weighted by molar-refractivity contribution is 9.10. The lowest BCUT2D eigenvalue weighted by Gasteiger charge is -2.12. The number of carboxylic acid groups (broad SMARTS) is 1. The highest BCUT2D eigenvalue weighted by Crippen LogP contribution is 2.28. The molecule has 0 bridgehead atoms. The van der Waals surface area contributed by atoms with Crippen molar-refractivity contribution in [1.82, 2.24) is 0 Å². The van der Waals surface area contributed by atoms with Crippen LogP contribution >= 0.6 is 15.9 Å². The molecule has 0 aromatic heterocycles. The summed E-state index contributed by atoms with van der Waals surface area (Å²) in [5, 5.41) is 11.7. The number of benzene rings is 2. The minimum absolute atomic E-state index is 0.152. The van der Waals surface area contributed by atoms with Gasteiger partial charge in [0, 0.05) is 10.0 Å². The summed E-state index contributed by atoms with van der Waals surface area (Å²) in [4.78, 5) is 23.0. The number of carbonyl (C=O) groups is 2. The van der Waals surface area contributed by atoms with E-state index in [1.54, 1.807) is 0 Å². The first-order valence-electron chi connectivity index (χ1n) is 6.30. The van der Waals surface area contributed by atoms with Crippen LogP contribution < -0.4 is 5.32 Å². The van der Waals surface area contributed by atoms with Crippen LogP contribution in [0.4, 0.5) is 5.69 Å². The maximum Gasteiger partial charge on any atom is 0.335 e. The Morgan fingerprint density at radius 2 is 1.62 bits per heavy atom. The van der Waals surface area contributed by atoms with Crippen molar-refractivity contribution in [3.8, 4) is 0 Å². The van der Waals surface area contributed by atoms with Gasteiger partial charge in [-0.2, -0.15) is 0 Å². The smallest absolute Gasteiger partial charge is 0.335 e. The van der Waals surface area contributed by atoms with Crippen molar-refractivity contribution in [3.63, 3.8) is 0 Å². The summed E-state index contributed by atoms with van der Waals surface area (Å²) in [6, 6.07) is 9.72. The highest BCUT2D eigenvalue weighted by Gasteiger charge is 2.12. The van der Waals surface area contributed by atoms with Gasteiger partial charge in [0.25, 0.3) is 5.91 Å². The Balaban J connectivity index is 2.24. The van der Waals surface area contributed by atoms with E-state index in [2.05, 4.69) is 21.2 Å². The van der Waals surface area contributed by atoms with Gasteiger partial charge in [0.05, 0.1) is 11.3 Å². The van der Waals surface area contributed by atoms with E-state index in [1.165, 1.54) is 24.3 Å². The standard InChI is InChI=1S/C16H14BrNO3/c1-9-7-10(2)14(13(17)8-9)18-15(19)11-3-5-12(6-4-11)16(20)21/h3-8H,1-2H3,(H,18,19)(H,20,21). The van der Waals surface area contributed by atoms with Crippen LogP contribution in [-0.2, 0) is 0 Å². The zero-order valence-electron chi connectivity index (χ0n) is 11.6. The number of hydrogen-bond acceptors (Lipinski definition) is 2. The molecule has 2 N–H and O–H groups in total. The largest absolute Gasteiger partial charge is 0.478 e. The van der Waals surface area contributed by atoms with Crippen LogP contribution in [0.1, 0.15) is 31.8 Å². The molecule has 0 spiro atoms. The first-order chi connectivity index (χ1) is 9.88. The van der Waals surface area contributed by atoms with E-state index >= 15 is 0 Å². The molecule has 0 aliphatic heterocycles. The molecule has 21 heavy (non-hydrogen) atoms. The van der Waals surface area contributed by atoms with Crippen LogP contribution in [0.2, 0.25) is 0 Å². The normalized spacial score (nSPS) is 10.2. The van der Waals surface area contributed by atoms with Gasteiger partial charge in [-0.15, -0.1) is 0 Å². The average molecular weight is 348 g/mol. The van der Waals surface area contributed by atoms with Gasteiger partial charge in [-0.3, -0.25) is 4.79 Å². The van der Waals surface area contributed by atoms with Gasteiger partial charge in [0.15, 0.2) is 0 Å². The van der Waals surface area contributed by atoms with E-state index in [4.69, 9.17) is 5.11 Å². The Hall–Kier alpha value is -2.14. The summed E-state index contributed by atoms with van der Waals surface area (Å²) in [6.45, 7) is 3.90. The van der Waals surface area contributed by atoms with Crippen LogP contribution in [-0.4, -0.2) is 17.0 Å². The second kappa shape index (κ2) is 6.10. The Morgan fingerprint density at radius 3 is 2.14 bits per heavy atom. The van der Waals surface area contributed by atoms with Crippen molar-refractivity contribution >= 4 is 33.5 Å². The molecule has 0 atom stereocenters. The predicted molar refractivity (Wildman–Crippen MR) is 85.0 cm³/mol. The summed E-state index contributed by atoms with van der Waals surface area (Å²) in [5.41, 5.74) is 3.33. The maximum atomic E-state index is 12.2. The Morgan fingerprint density at radius 1 is 1.05 bits per heavy atom. The van der Waals surface area contributed by atoms with E-state index in [1.807, 2.05) is 26.0 Å². The molecule has 0 aliphatic rings. The second-order valence-electron chi connectivity index (χ2n) is 4.78. The van der Waals surface area contributed by atoms with Crippen LogP contribution in [0.15, 0.2) is 40.9 Å². The molecule has 0 fully saturated rings. The van der Waals surface area contributed by atoms with E-state index in [0.717, 1.165) is 15.6 Å². The minimum Gasteiger partial charge on any atom is -0.478 e. The predicted octanol–water partition coefficient (Wildman–Crippen LogP) is 4.02. The van der Waals surface area contributed by atoms with Crippen molar-refractivity contribution in [2.45, 2.75) is 13.8 Å². The fraction of sp³-hybridized carbons (Fsp3) is 0.125. The molecule has 108 valence electrons. The topological polar surface area (TPSA) is 66.4 Å². The Labute approximate surface area is 130 Å². The number of hydrogen-bond donors (Lipinski definition) is 2. The summed E-state index contributed by atoms with van der Waals surface area (Å²) >= 11 is 3.44. The fourth-order valence-corrected chi connectivity index (χ4v) is 2.80. The van der Waals surface area contributed by atoms with Crippen LogP contribution in [0.3, 0.4) is 0 Å². The fourth-order valence-electron chi connectivity index (χ4n) is 2.02. The van der Waals surface area contributed by atoms with Crippen molar-refractivity contribution in [1.29, 1.82) is 0 Å². The number of aryl methyl sites for hydroxylation is 2. The van der Waals surface area contributed by atoms with Gasteiger partial charge < -0.3 is 10.4 Å². The molecule has 0 saturated heterocycles. The molecule has 0 radical (unpaired) electrons. The summed E-state index contributed by atoms with van der Waals surface area (Å²) in [7, 11) is 0. The van der Waals surface area contributed by atoms with Crippen LogP contribution in [0.5, 0.6) is 0 Å². The molecule has 2 aromatic carbocycles. The molecular weight excluding hydrogens is 334 g/mol. The zero-order valence-corrected chi connectivity index (χ0v) is 13.2.